The molecule has 2 unspecified atom stereocenters. The van der Waals surface area contributed by atoms with E-state index in [1.54, 1.807) is 0 Å². The Labute approximate surface area is 301 Å². The molecule has 0 amide bonds. The summed E-state index contributed by atoms with van der Waals surface area (Å²) in [7, 11) is -4.65. The Morgan fingerprint density at radius 3 is 1.90 bits per heavy atom. The molecule has 0 aliphatic heterocycles. The summed E-state index contributed by atoms with van der Waals surface area (Å²) in [5.41, 5.74) is 0. The van der Waals surface area contributed by atoms with Crippen LogP contribution in [0.15, 0.2) is 12.2 Å². The molecule has 296 valence electrons. The molecule has 0 saturated carbocycles. The fourth-order valence-corrected chi connectivity index (χ4v) is 5.90. The van der Waals surface area contributed by atoms with Crippen LogP contribution in [0.1, 0.15) is 156 Å². The van der Waals surface area contributed by atoms with Gasteiger partial charge in [-0.25, -0.2) is 4.57 Å². The minimum Gasteiger partial charge on any atom is -0.462 e. The van der Waals surface area contributed by atoms with Crippen molar-refractivity contribution in [2.75, 3.05) is 26.4 Å². The van der Waals surface area contributed by atoms with Gasteiger partial charge in [0.15, 0.2) is 6.10 Å². The van der Waals surface area contributed by atoms with E-state index >= 15 is 0 Å². The maximum absolute atomic E-state index is 12.6. The molecular weight excluding hydrogens is 667 g/mol. The van der Waals surface area contributed by atoms with Crippen molar-refractivity contribution < 1.29 is 58.0 Å². The van der Waals surface area contributed by atoms with Crippen LogP contribution < -0.4 is 0 Å². The van der Waals surface area contributed by atoms with Crippen molar-refractivity contribution in [1.82, 2.24) is 0 Å². The summed E-state index contributed by atoms with van der Waals surface area (Å²) in [6.45, 7) is 4.38. The molecule has 50 heavy (non-hydrogen) atoms. The Hall–Kier alpha value is -1.37. The van der Waals surface area contributed by atoms with Gasteiger partial charge in [-0.05, 0) is 44.4 Å². The number of rotatable bonds is 35. The minimum atomic E-state index is -4.65. The molecule has 0 bridgehead atoms. The standard InChI is InChI=1S/C37H71O12P/c1-4-6-7-8-13-18-23-34(40)35(41)24-19-14-11-16-21-26-37(43)49-33(30-48-50(44,45)47-28-32(39)27-38)29-46-36(42)25-20-15-10-9-12-17-22-31(3)5-2/h13,18,31-35,38-41H,4-12,14-17,19-30H2,1-3H3,(H,44,45)/b18-13-/t31?,32-,33+,34-,35-/m0/s1. The Morgan fingerprint density at radius 2 is 1.28 bits per heavy atom. The average Bonchev–Trinajstić information content (AvgIpc) is 3.10. The van der Waals surface area contributed by atoms with Crippen molar-refractivity contribution in [3.8, 4) is 0 Å². The normalized spacial score (nSPS) is 16.1. The van der Waals surface area contributed by atoms with E-state index in [9.17, 15) is 34.4 Å². The first-order valence-electron chi connectivity index (χ1n) is 19.2. The number of aliphatic hydroxyl groups excluding tert-OH is 4. The molecule has 0 fully saturated rings. The monoisotopic (exact) mass is 738 g/mol. The van der Waals surface area contributed by atoms with Crippen LogP contribution in [0.2, 0.25) is 0 Å². The zero-order valence-corrected chi connectivity index (χ0v) is 32.2. The zero-order valence-electron chi connectivity index (χ0n) is 31.3. The first-order chi connectivity index (χ1) is 23.9. The van der Waals surface area contributed by atoms with Gasteiger partial charge < -0.3 is 34.8 Å². The first-order valence-corrected chi connectivity index (χ1v) is 20.7. The highest BCUT2D eigenvalue weighted by molar-refractivity contribution is 7.47. The molecule has 0 rings (SSSR count). The summed E-state index contributed by atoms with van der Waals surface area (Å²) >= 11 is 0. The van der Waals surface area contributed by atoms with Gasteiger partial charge in [0.2, 0.25) is 0 Å². The Bertz CT molecular complexity index is 902. The highest BCUT2D eigenvalue weighted by Crippen LogP contribution is 2.43. The predicted molar refractivity (Wildman–Crippen MR) is 194 cm³/mol. The summed E-state index contributed by atoms with van der Waals surface area (Å²) < 4.78 is 32.5. The lowest BCUT2D eigenvalue weighted by molar-refractivity contribution is -0.161. The maximum Gasteiger partial charge on any atom is 0.472 e. The SMILES string of the molecule is CCCCC/C=C\C[C@H](O)[C@@H](O)CCCCCCCC(=O)O[C@H](COC(=O)CCCCCCCCC(C)CC)COP(=O)(O)OC[C@@H](O)CO. The Balaban J connectivity index is 4.50. The topological polar surface area (TPSA) is 189 Å². The zero-order chi connectivity index (χ0) is 37.5. The van der Waals surface area contributed by atoms with E-state index in [2.05, 4.69) is 31.4 Å². The van der Waals surface area contributed by atoms with Crippen LogP contribution in [0, 0.1) is 5.92 Å². The van der Waals surface area contributed by atoms with E-state index in [-0.39, 0.29) is 19.4 Å². The van der Waals surface area contributed by atoms with Crippen LogP contribution in [0.4, 0.5) is 0 Å². The van der Waals surface area contributed by atoms with Crippen molar-refractivity contribution in [3.05, 3.63) is 12.2 Å². The summed E-state index contributed by atoms with van der Waals surface area (Å²) in [6, 6.07) is 0. The molecule has 0 aromatic carbocycles. The van der Waals surface area contributed by atoms with Crippen LogP contribution in [0.25, 0.3) is 0 Å². The molecular formula is C37H71O12P. The molecule has 13 heteroatoms. The number of unbranched alkanes of at least 4 members (excludes halogenated alkanes) is 12. The van der Waals surface area contributed by atoms with Crippen molar-refractivity contribution in [2.24, 2.45) is 5.92 Å². The van der Waals surface area contributed by atoms with Gasteiger partial charge in [-0.2, -0.15) is 0 Å². The van der Waals surface area contributed by atoms with Crippen molar-refractivity contribution in [3.63, 3.8) is 0 Å². The van der Waals surface area contributed by atoms with Gasteiger partial charge in [-0.3, -0.25) is 18.6 Å². The number of phosphoric acid groups is 1. The fraction of sp³-hybridized carbons (Fsp3) is 0.892. The molecule has 0 aliphatic rings. The number of carbonyl (C=O) groups is 2. The van der Waals surface area contributed by atoms with Gasteiger partial charge >= 0.3 is 19.8 Å². The first kappa shape index (κ1) is 48.6. The van der Waals surface area contributed by atoms with Crippen LogP contribution in [0.3, 0.4) is 0 Å². The Kier molecular flexibility index (Phi) is 31.4. The molecule has 0 radical (unpaired) electrons. The molecule has 0 aromatic heterocycles. The molecule has 12 nitrogen and oxygen atoms in total. The number of phosphoric ester groups is 1. The molecule has 6 atom stereocenters. The smallest absolute Gasteiger partial charge is 0.462 e. The molecule has 5 N–H and O–H groups in total. The van der Waals surface area contributed by atoms with Gasteiger partial charge in [0.25, 0.3) is 0 Å². The number of esters is 2. The molecule has 0 heterocycles. The van der Waals surface area contributed by atoms with Crippen molar-refractivity contribution >= 4 is 19.8 Å². The van der Waals surface area contributed by atoms with E-state index in [1.807, 2.05) is 6.08 Å². The third-order valence-electron chi connectivity index (χ3n) is 8.66. The quantitative estimate of drug-likeness (QED) is 0.0193. The number of hydrogen-bond donors (Lipinski definition) is 5. The third-order valence-corrected chi connectivity index (χ3v) is 9.61. The fourth-order valence-electron chi connectivity index (χ4n) is 5.11. The summed E-state index contributed by atoms with van der Waals surface area (Å²) in [4.78, 5) is 34.8. The van der Waals surface area contributed by atoms with Crippen LogP contribution >= 0.6 is 7.82 Å². The molecule has 0 spiro atoms. The highest BCUT2D eigenvalue weighted by atomic mass is 31.2. The van der Waals surface area contributed by atoms with Gasteiger partial charge in [-0.15, -0.1) is 0 Å². The number of ether oxygens (including phenoxy) is 2. The lowest BCUT2D eigenvalue weighted by Crippen LogP contribution is -2.29. The van der Waals surface area contributed by atoms with E-state index in [4.69, 9.17) is 19.1 Å². The molecule has 0 saturated heterocycles. The van der Waals surface area contributed by atoms with Gasteiger partial charge in [0, 0.05) is 12.8 Å². The lowest BCUT2D eigenvalue weighted by Gasteiger charge is -2.20. The van der Waals surface area contributed by atoms with Gasteiger partial charge in [-0.1, -0.05) is 116 Å². The summed E-state index contributed by atoms with van der Waals surface area (Å²) in [6.07, 6.45) is 18.0. The number of carbonyl (C=O) groups excluding carboxylic acids is 2. The van der Waals surface area contributed by atoms with Gasteiger partial charge in [0.05, 0.1) is 32.0 Å². The maximum atomic E-state index is 12.6. The second kappa shape index (κ2) is 32.3. The van der Waals surface area contributed by atoms with Crippen molar-refractivity contribution in [2.45, 2.75) is 180 Å². The highest BCUT2D eigenvalue weighted by Gasteiger charge is 2.27. The second-order valence-corrected chi connectivity index (χ2v) is 15.0. The van der Waals surface area contributed by atoms with Crippen molar-refractivity contribution in [1.29, 1.82) is 0 Å². The van der Waals surface area contributed by atoms with Crippen LogP contribution in [-0.4, -0.2) is 88.1 Å². The molecule has 0 aromatic rings. The minimum absolute atomic E-state index is 0.0870. The van der Waals surface area contributed by atoms with Gasteiger partial charge in [0.1, 0.15) is 12.7 Å². The second-order valence-electron chi connectivity index (χ2n) is 13.5. The number of aliphatic hydroxyl groups is 4. The van der Waals surface area contributed by atoms with Crippen LogP contribution in [-0.2, 0) is 32.7 Å². The summed E-state index contributed by atoms with van der Waals surface area (Å²) in [5.74, 6) is -0.280. The predicted octanol–water partition coefficient (Wildman–Crippen LogP) is 7.07. The largest absolute Gasteiger partial charge is 0.472 e. The van der Waals surface area contributed by atoms with E-state index in [0.29, 0.717) is 25.7 Å². The molecule has 0 aliphatic carbocycles. The van der Waals surface area contributed by atoms with Crippen LogP contribution in [0.5, 0.6) is 0 Å². The number of hydrogen-bond acceptors (Lipinski definition) is 11. The number of allylic oxidation sites excluding steroid dienone is 1. The van der Waals surface area contributed by atoms with E-state index < -0.39 is 64.0 Å². The van der Waals surface area contributed by atoms with E-state index in [0.717, 1.165) is 63.7 Å². The lowest BCUT2D eigenvalue weighted by atomic mass is 10.00. The summed E-state index contributed by atoms with van der Waals surface area (Å²) in [5, 5.41) is 38.6. The average molecular weight is 739 g/mol. The Morgan fingerprint density at radius 1 is 0.700 bits per heavy atom. The third kappa shape index (κ3) is 30.3. The van der Waals surface area contributed by atoms with E-state index in [1.165, 1.54) is 38.5 Å².